The van der Waals surface area contributed by atoms with Crippen molar-refractivity contribution in [1.29, 1.82) is 0 Å². The van der Waals surface area contributed by atoms with E-state index in [0.717, 1.165) is 16.8 Å². The highest BCUT2D eigenvalue weighted by atomic mass is 32.1. The third kappa shape index (κ3) is 2.90. The molecule has 0 aromatic heterocycles. The van der Waals surface area contributed by atoms with Gasteiger partial charge in [-0.05, 0) is 43.2 Å². The lowest BCUT2D eigenvalue weighted by Crippen LogP contribution is -2.11. The van der Waals surface area contributed by atoms with Crippen molar-refractivity contribution >= 4 is 28.6 Å². The first-order valence-electron chi connectivity index (χ1n) is 5.91. The summed E-state index contributed by atoms with van der Waals surface area (Å²) in [5.74, 6) is -0.413. The van der Waals surface area contributed by atoms with Crippen LogP contribution in [-0.2, 0) is 0 Å². The fourth-order valence-corrected chi connectivity index (χ4v) is 2.11. The summed E-state index contributed by atoms with van der Waals surface area (Å²) >= 11 is 4.78. The predicted molar refractivity (Wildman–Crippen MR) is 81.5 cm³/mol. The lowest BCUT2D eigenvalue weighted by molar-refractivity contribution is 0.626. The Kier molecular flexibility index (Phi) is 3.81. The predicted octanol–water partition coefficient (Wildman–Crippen LogP) is 3.82. The summed E-state index contributed by atoms with van der Waals surface area (Å²) in [5.41, 5.74) is 9.59. The highest BCUT2D eigenvalue weighted by molar-refractivity contribution is 7.80. The molecule has 2 nitrogen and oxygen atoms in total. The van der Waals surface area contributed by atoms with Gasteiger partial charge in [-0.15, -0.1) is 0 Å². The van der Waals surface area contributed by atoms with E-state index in [0.29, 0.717) is 5.69 Å². The molecule has 0 amide bonds. The first-order valence-corrected chi connectivity index (χ1v) is 6.32. The van der Waals surface area contributed by atoms with Crippen LogP contribution in [0.5, 0.6) is 0 Å². The maximum Gasteiger partial charge on any atom is 0.135 e. The summed E-state index contributed by atoms with van der Waals surface area (Å²) in [7, 11) is 0. The van der Waals surface area contributed by atoms with Gasteiger partial charge >= 0.3 is 0 Å². The van der Waals surface area contributed by atoms with Gasteiger partial charge in [0.15, 0.2) is 0 Å². The van der Waals surface area contributed by atoms with E-state index in [2.05, 4.69) is 5.32 Å². The zero-order valence-electron chi connectivity index (χ0n) is 10.8. The summed E-state index contributed by atoms with van der Waals surface area (Å²) in [6, 6.07) is 10.8. The number of halogens is 1. The smallest absolute Gasteiger partial charge is 0.135 e. The summed E-state index contributed by atoms with van der Waals surface area (Å²) < 4.78 is 13.8. The van der Waals surface area contributed by atoms with Gasteiger partial charge in [-0.1, -0.05) is 30.4 Å². The fourth-order valence-electron chi connectivity index (χ4n) is 1.95. The van der Waals surface area contributed by atoms with Crippen LogP contribution in [0.2, 0.25) is 0 Å². The summed E-state index contributed by atoms with van der Waals surface area (Å²) in [4.78, 5) is 0.0659. The monoisotopic (exact) mass is 274 g/mol. The van der Waals surface area contributed by atoms with Gasteiger partial charge < -0.3 is 11.1 Å². The Labute approximate surface area is 117 Å². The molecule has 0 aliphatic rings. The molecule has 19 heavy (non-hydrogen) atoms. The molecular weight excluding hydrogens is 259 g/mol. The minimum atomic E-state index is -0.413. The highest BCUT2D eigenvalue weighted by Crippen LogP contribution is 2.25. The number of benzene rings is 2. The van der Waals surface area contributed by atoms with Crippen LogP contribution < -0.4 is 11.1 Å². The molecule has 0 heterocycles. The first-order chi connectivity index (χ1) is 8.99. The molecule has 2 rings (SSSR count). The van der Waals surface area contributed by atoms with Crippen LogP contribution in [0.25, 0.3) is 0 Å². The molecule has 0 aliphatic carbocycles. The van der Waals surface area contributed by atoms with Crippen LogP contribution in [0.4, 0.5) is 15.8 Å². The van der Waals surface area contributed by atoms with E-state index in [9.17, 15) is 4.39 Å². The van der Waals surface area contributed by atoms with Crippen LogP contribution in [-0.4, -0.2) is 4.99 Å². The number of thiocarbonyl (C=S) groups is 1. The van der Waals surface area contributed by atoms with Crippen molar-refractivity contribution in [1.82, 2.24) is 0 Å². The Morgan fingerprint density at radius 3 is 2.32 bits per heavy atom. The maximum absolute atomic E-state index is 13.8. The van der Waals surface area contributed by atoms with Gasteiger partial charge in [-0.3, -0.25) is 0 Å². The van der Waals surface area contributed by atoms with Crippen LogP contribution in [0, 0.1) is 19.7 Å². The van der Waals surface area contributed by atoms with E-state index in [1.165, 1.54) is 6.07 Å². The van der Waals surface area contributed by atoms with Gasteiger partial charge in [0.1, 0.15) is 10.8 Å². The fraction of sp³-hybridized carbons (Fsp3) is 0.133. The average Bonchev–Trinajstić information content (AvgIpc) is 2.33. The summed E-state index contributed by atoms with van der Waals surface area (Å²) in [5, 5.41) is 3.22. The van der Waals surface area contributed by atoms with Crippen LogP contribution >= 0.6 is 12.2 Å². The van der Waals surface area contributed by atoms with Gasteiger partial charge in [0, 0.05) is 16.9 Å². The van der Waals surface area contributed by atoms with Gasteiger partial charge in [0.05, 0.1) is 0 Å². The SMILES string of the molecule is Cc1cccc(C)c1Nc1ccc(C(N)=S)c(F)c1. The van der Waals surface area contributed by atoms with E-state index in [4.69, 9.17) is 18.0 Å². The quantitative estimate of drug-likeness (QED) is 0.836. The van der Waals surface area contributed by atoms with Crippen LogP contribution in [0.1, 0.15) is 16.7 Å². The molecule has 2 aromatic rings. The van der Waals surface area contributed by atoms with E-state index in [1.807, 2.05) is 32.0 Å². The Hall–Kier alpha value is -1.94. The Bertz CT molecular complexity index is 618. The second-order valence-corrected chi connectivity index (χ2v) is 4.89. The molecule has 2 aromatic carbocycles. The Morgan fingerprint density at radius 2 is 1.79 bits per heavy atom. The summed E-state index contributed by atoms with van der Waals surface area (Å²) in [6.45, 7) is 4.02. The molecule has 0 atom stereocenters. The molecule has 0 spiro atoms. The van der Waals surface area contributed by atoms with E-state index >= 15 is 0 Å². The summed E-state index contributed by atoms with van der Waals surface area (Å²) in [6.07, 6.45) is 0. The lowest BCUT2D eigenvalue weighted by atomic mass is 10.1. The number of nitrogens with two attached hydrogens (primary N) is 1. The molecule has 4 heteroatoms. The standard InChI is InChI=1S/C15H15FN2S/c1-9-4-3-5-10(2)14(9)18-11-6-7-12(15(17)19)13(16)8-11/h3-8,18H,1-2H3,(H2,17,19). The second-order valence-electron chi connectivity index (χ2n) is 4.45. The highest BCUT2D eigenvalue weighted by Gasteiger charge is 2.07. The average molecular weight is 274 g/mol. The molecule has 0 saturated carbocycles. The van der Waals surface area contributed by atoms with Crippen molar-refractivity contribution in [2.24, 2.45) is 5.73 Å². The molecule has 0 aliphatic heterocycles. The third-order valence-corrected chi connectivity index (χ3v) is 3.20. The first kappa shape index (κ1) is 13.5. The largest absolute Gasteiger partial charge is 0.389 e. The maximum atomic E-state index is 13.8. The number of para-hydroxylation sites is 1. The van der Waals surface area contributed by atoms with E-state index in [-0.39, 0.29) is 10.6 Å². The topological polar surface area (TPSA) is 38.0 Å². The zero-order chi connectivity index (χ0) is 14.0. The molecular formula is C15H15FN2S. The minimum absolute atomic E-state index is 0.0659. The number of hydrogen-bond acceptors (Lipinski definition) is 2. The number of anilines is 2. The number of hydrogen-bond donors (Lipinski definition) is 2. The van der Waals surface area contributed by atoms with Crippen molar-refractivity contribution in [2.75, 3.05) is 5.32 Å². The van der Waals surface area contributed by atoms with Gasteiger partial charge in [-0.25, -0.2) is 4.39 Å². The minimum Gasteiger partial charge on any atom is -0.389 e. The van der Waals surface area contributed by atoms with E-state index < -0.39 is 5.82 Å². The van der Waals surface area contributed by atoms with Crippen molar-refractivity contribution in [2.45, 2.75) is 13.8 Å². The van der Waals surface area contributed by atoms with Crippen molar-refractivity contribution in [3.63, 3.8) is 0 Å². The van der Waals surface area contributed by atoms with Gasteiger partial charge in [0.2, 0.25) is 0 Å². The number of rotatable bonds is 3. The third-order valence-electron chi connectivity index (χ3n) is 2.99. The van der Waals surface area contributed by atoms with Crippen molar-refractivity contribution in [3.05, 3.63) is 58.9 Å². The van der Waals surface area contributed by atoms with Crippen molar-refractivity contribution < 1.29 is 4.39 Å². The second kappa shape index (κ2) is 5.36. The zero-order valence-corrected chi connectivity index (χ0v) is 11.6. The van der Waals surface area contributed by atoms with Gasteiger partial charge in [-0.2, -0.15) is 0 Å². The molecule has 98 valence electrons. The van der Waals surface area contributed by atoms with Gasteiger partial charge in [0.25, 0.3) is 0 Å². The molecule has 0 saturated heterocycles. The van der Waals surface area contributed by atoms with Crippen LogP contribution in [0.3, 0.4) is 0 Å². The normalized spacial score (nSPS) is 10.3. The number of aryl methyl sites for hydroxylation is 2. The van der Waals surface area contributed by atoms with E-state index in [1.54, 1.807) is 12.1 Å². The molecule has 0 unspecified atom stereocenters. The molecule has 0 bridgehead atoms. The molecule has 0 fully saturated rings. The molecule has 3 N–H and O–H groups in total. The lowest BCUT2D eigenvalue weighted by Gasteiger charge is -2.13. The molecule has 0 radical (unpaired) electrons. The number of nitrogens with one attached hydrogen (secondary N) is 1. The van der Waals surface area contributed by atoms with Crippen molar-refractivity contribution in [3.8, 4) is 0 Å². The van der Waals surface area contributed by atoms with Crippen LogP contribution in [0.15, 0.2) is 36.4 Å². The Balaban J connectivity index is 2.34. The Morgan fingerprint density at radius 1 is 1.16 bits per heavy atom.